The number of ether oxygens (including phenoxy) is 2. The largest absolute Gasteiger partial charge is 0.493 e. The number of amides is 1. The van der Waals surface area contributed by atoms with Gasteiger partial charge in [0.2, 0.25) is 0 Å². The van der Waals surface area contributed by atoms with Gasteiger partial charge in [-0.25, -0.2) is 0 Å². The number of amidine groups is 1. The number of carbonyl (C=O) groups excluding carboxylic acids is 1. The Morgan fingerprint density at radius 3 is 2.53 bits per heavy atom. The zero-order valence-corrected chi connectivity index (χ0v) is 18.4. The van der Waals surface area contributed by atoms with Gasteiger partial charge in [-0.3, -0.25) is 9.69 Å². The van der Waals surface area contributed by atoms with Crippen LogP contribution in [0, 0.1) is 0 Å². The SMILES string of the molecule is COc1ccc(/C=N\N=C2\S/C(=C\c3ccccc3)C(=O)N2Cc2ccco2)cc1OC. The van der Waals surface area contributed by atoms with E-state index < -0.39 is 0 Å². The van der Waals surface area contributed by atoms with E-state index in [1.54, 1.807) is 49.8 Å². The lowest BCUT2D eigenvalue weighted by Crippen LogP contribution is -2.28. The van der Waals surface area contributed by atoms with Crippen molar-refractivity contribution in [2.45, 2.75) is 6.54 Å². The number of rotatable bonds is 7. The molecule has 0 radical (unpaired) electrons. The van der Waals surface area contributed by atoms with Gasteiger partial charge in [0.05, 0.1) is 38.1 Å². The molecule has 0 unspecified atom stereocenters. The number of carbonyl (C=O) groups is 1. The van der Waals surface area contributed by atoms with Gasteiger partial charge < -0.3 is 13.9 Å². The lowest BCUT2D eigenvalue weighted by atomic mass is 10.2. The normalized spacial score (nSPS) is 16.4. The van der Waals surface area contributed by atoms with Crippen molar-refractivity contribution < 1.29 is 18.7 Å². The van der Waals surface area contributed by atoms with E-state index in [9.17, 15) is 4.79 Å². The van der Waals surface area contributed by atoms with Crippen LogP contribution < -0.4 is 9.47 Å². The highest BCUT2D eigenvalue weighted by atomic mass is 32.2. The predicted octanol–water partition coefficient (Wildman–Crippen LogP) is 4.80. The second kappa shape index (κ2) is 10.0. The molecule has 0 aliphatic carbocycles. The highest BCUT2D eigenvalue weighted by molar-refractivity contribution is 8.18. The molecule has 1 saturated heterocycles. The van der Waals surface area contributed by atoms with Crippen LogP contribution in [0.4, 0.5) is 0 Å². The quantitative estimate of drug-likeness (QED) is 0.295. The molecule has 8 heteroatoms. The molecule has 7 nitrogen and oxygen atoms in total. The van der Waals surface area contributed by atoms with E-state index in [4.69, 9.17) is 13.9 Å². The van der Waals surface area contributed by atoms with Gasteiger partial charge >= 0.3 is 0 Å². The van der Waals surface area contributed by atoms with Gasteiger partial charge in [-0.2, -0.15) is 5.10 Å². The molecule has 1 fully saturated rings. The van der Waals surface area contributed by atoms with Crippen LogP contribution in [-0.2, 0) is 11.3 Å². The maximum atomic E-state index is 13.1. The Hall–Kier alpha value is -3.78. The first-order valence-corrected chi connectivity index (χ1v) is 10.6. The summed E-state index contributed by atoms with van der Waals surface area (Å²) in [4.78, 5) is 15.2. The average Bonchev–Trinajstić information content (AvgIpc) is 3.44. The number of hydrogen-bond donors (Lipinski definition) is 0. The fraction of sp³-hybridized carbons (Fsp3) is 0.125. The van der Waals surface area contributed by atoms with Crippen molar-refractivity contribution in [2.24, 2.45) is 10.2 Å². The van der Waals surface area contributed by atoms with E-state index in [0.717, 1.165) is 11.1 Å². The summed E-state index contributed by atoms with van der Waals surface area (Å²) in [6.45, 7) is 0.273. The maximum absolute atomic E-state index is 13.1. The molecule has 1 aromatic heterocycles. The van der Waals surface area contributed by atoms with Crippen molar-refractivity contribution >= 4 is 35.1 Å². The Balaban J connectivity index is 1.60. The molecule has 0 spiro atoms. The molecule has 0 N–H and O–H groups in total. The molecule has 3 aromatic rings. The van der Waals surface area contributed by atoms with E-state index in [2.05, 4.69) is 10.2 Å². The minimum Gasteiger partial charge on any atom is -0.493 e. The summed E-state index contributed by atoms with van der Waals surface area (Å²) in [6, 6.07) is 18.7. The Kier molecular flexibility index (Phi) is 6.72. The molecule has 4 rings (SSSR count). The first-order valence-electron chi connectivity index (χ1n) is 9.80. The molecule has 32 heavy (non-hydrogen) atoms. The number of thioether (sulfide) groups is 1. The first kappa shape index (κ1) is 21.5. The van der Waals surface area contributed by atoms with E-state index in [-0.39, 0.29) is 12.5 Å². The third kappa shape index (κ3) is 4.92. The van der Waals surface area contributed by atoms with Crippen LogP contribution in [0.2, 0.25) is 0 Å². The summed E-state index contributed by atoms with van der Waals surface area (Å²) in [6.07, 6.45) is 5.03. The maximum Gasteiger partial charge on any atom is 0.267 e. The van der Waals surface area contributed by atoms with Crippen molar-refractivity contribution in [1.29, 1.82) is 0 Å². The molecule has 1 aliphatic rings. The second-order valence-electron chi connectivity index (χ2n) is 6.73. The van der Waals surface area contributed by atoms with Crippen LogP contribution in [0.5, 0.6) is 11.5 Å². The van der Waals surface area contributed by atoms with Gasteiger partial charge in [0.1, 0.15) is 5.76 Å². The highest BCUT2D eigenvalue weighted by Crippen LogP contribution is 2.34. The summed E-state index contributed by atoms with van der Waals surface area (Å²) in [7, 11) is 3.16. The third-order valence-electron chi connectivity index (χ3n) is 4.64. The van der Waals surface area contributed by atoms with E-state index in [1.165, 1.54) is 11.8 Å². The lowest BCUT2D eigenvalue weighted by Gasteiger charge is -2.12. The monoisotopic (exact) mass is 447 g/mol. The van der Waals surface area contributed by atoms with Crippen LogP contribution in [0.15, 0.2) is 86.5 Å². The number of benzene rings is 2. The Labute approximate surface area is 190 Å². The standard InChI is InChI=1S/C24H21N3O4S/c1-29-20-11-10-18(13-21(20)30-2)15-25-26-24-27(16-19-9-6-12-31-19)23(28)22(32-24)14-17-7-4-3-5-8-17/h3-15H,16H2,1-2H3/b22-14-,25-15-,26-24+. The van der Waals surface area contributed by atoms with Gasteiger partial charge in [0.25, 0.3) is 5.91 Å². The van der Waals surface area contributed by atoms with Gasteiger partial charge in [0, 0.05) is 0 Å². The molecule has 1 amide bonds. The number of furan rings is 1. The number of hydrogen-bond acceptors (Lipinski definition) is 7. The van der Waals surface area contributed by atoms with Gasteiger partial charge in [-0.15, -0.1) is 5.10 Å². The molecule has 0 bridgehead atoms. The first-order chi connectivity index (χ1) is 15.7. The van der Waals surface area contributed by atoms with Gasteiger partial charge in [0.15, 0.2) is 16.7 Å². The van der Waals surface area contributed by atoms with Crippen molar-refractivity contribution in [3.63, 3.8) is 0 Å². The summed E-state index contributed by atoms with van der Waals surface area (Å²) in [5.41, 5.74) is 1.73. The topological polar surface area (TPSA) is 76.6 Å². The van der Waals surface area contributed by atoms with Crippen molar-refractivity contribution in [3.05, 3.63) is 88.7 Å². The molecule has 2 aromatic carbocycles. The lowest BCUT2D eigenvalue weighted by molar-refractivity contribution is -0.122. The molecule has 1 aliphatic heterocycles. The highest BCUT2D eigenvalue weighted by Gasteiger charge is 2.34. The summed E-state index contributed by atoms with van der Waals surface area (Å²) >= 11 is 1.28. The summed E-state index contributed by atoms with van der Waals surface area (Å²) in [5, 5.41) is 9.00. The van der Waals surface area contributed by atoms with Crippen LogP contribution in [-0.4, -0.2) is 36.4 Å². The van der Waals surface area contributed by atoms with E-state index in [1.807, 2.05) is 48.5 Å². The molecular weight excluding hydrogens is 426 g/mol. The van der Waals surface area contributed by atoms with Crippen molar-refractivity contribution in [1.82, 2.24) is 4.90 Å². The fourth-order valence-corrected chi connectivity index (χ4v) is 3.99. The minimum atomic E-state index is -0.143. The van der Waals surface area contributed by atoms with Crippen molar-refractivity contribution in [2.75, 3.05) is 14.2 Å². The number of nitrogens with zero attached hydrogens (tertiary/aromatic N) is 3. The van der Waals surface area contributed by atoms with Crippen LogP contribution in [0.3, 0.4) is 0 Å². The molecule has 0 atom stereocenters. The van der Waals surface area contributed by atoms with Crippen LogP contribution in [0.1, 0.15) is 16.9 Å². The van der Waals surface area contributed by atoms with Gasteiger partial charge in [-0.1, -0.05) is 30.3 Å². The van der Waals surface area contributed by atoms with Crippen molar-refractivity contribution in [3.8, 4) is 11.5 Å². The minimum absolute atomic E-state index is 0.143. The molecule has 0 saturated carbocycles. The summed E-state index contributed by atoms with van der Waals surface area (Å²) < 4.78 is 16.0. The Morgan fingerprint density at radius 2 is 1.81 bits per heavy atom. The smallest absolute Gasteiger partial charge is 0.267 e. The van der Waals surface area contributed by atoms with Crippen LogP contribution >= 0.6 is 11.8 Å². The Morgan fingerprint density at radius 1 is 1.00 bits per heavy atom. The zero-order valence-electron chi connectivity index (χ0n) is 17.6. The number of methoxy groups -OCH3 is 2. The third-order valence-corrected chi connectivity index (χ3v) is 5.63. The fourth-order valence-electron chi connectivity index (χ4n) is 3.06. The second-order valence-corrected chi connectivity index (χ2v) is 7.74. The summed E-state index contributed by atoms with van der Waals surface area (Å²) in [5.74, 6) is 1.75. The van der Waals surface area contributed by atoms with Crippen LogP contribution in [0.25, 0.3) is 6.08 Å². The molecule has 162 valence electrons. The average molecular weight is 448 g/mol. The molecule has 2 heterocycles. The van der Waals surface area contributed by atoms with E-state index >= 15 is 0 Å². The predicted molar refractivity (Wildman–Crippen MR) is 126 cm³/mol. The van der Waals surface area contributed by atoms with E-state index in [0.29, 0.717) is 27.3 Å². The zero-order chi connectivity index (χ0) is 22.3. The van der Waals surface area contributed by atoms with Gasteiger partial charge in [-0.05, 0) is 59.3 Å². The Bertz CT molecular complexity index is 1170. The molecular formula is C24H21N3O4S.